The van der Waals surface area contributed by atoms with Crippen molar-refractivity contribution in [1.82, 2.24) is 15.0 Å². The summed E-state index contributed by atoms with van der Waals surface area (Å²) in [5.74, 6) is 0.586. The molecule has 5 nitrogen and oxygen atoms in total. The van der Waals surface area contributed by atoms with Gasteiger partial charge in [0.25, 0.3) is 0 Å². The maximum Gasteiger partial charge on any atom is 0.389 e. The number of rotatable bonds is 7. The van der Waals surface area contributed by atoms with Gasteiger partial charge in [-0.15, -0.1) is 0 Å². The minimum Gasteiger partial charge on any atom is -0.354 e. The van der Waals surface area contributed by atoms with E-state index in [1.165, 1.54) is 0 Å². The minimum absolute atomic E-state index is 0.0312. The first kappa shape index (κ1) is 15.7. The lowest BCUT2D eigenvalue weighted by Crippen LogP contribution is -2.11. The molecule has 0 aromatic carbocycles. The van der Waals surface area contributed by atoms with Crippen LogP contribution in [-0.4, -0.2) is 34.2 Å². The van der Waals surface area contributed by atoms with Crippen LogP contribution in [0.2, 0.25) is 5.28 Å². The predicted molar refractivity (Wildman–Crippen MR) is 67.4 cm³/mol. The zero-order valence-electron chi connectivity index (χ0n) is 10.4. The average molecular weight is 298 g/mol. The summed E-state index contributed by atoms with van der Waals surface area (Å²) in [6.45, 7) is 2.86. The van der Waals surface area contributed by atoms with Crippen LogP contribution in [0.1, 0.15) is 26.2 Å². The van der Waals surface area contributed by atoms with Crippen molar-refractivity contribution in [2.75, 3.05) is 23.7 Å². The SMILES string of the molecule is CCNc1nc(Cl)nc(NCCCCC(F)(F)F)n1. The molecule has 1 rings (SSSR count). The summed E-state index contributed by atoms with van der Waals surface area (Å²) in [6, 6.07) is 0. The summed E-state index contributed by atoms with van der Waals surface area (Å²) < 4.78 is 35.8. The van der Waals surface area contributed by atoms with Crippen LogP contribution in [0.5, 0.6) is 0 Å². The summed E-state index contributed by atoms with van der Waals surface area (Å²) in [5.41, 5.74) is 0. The van der Waals surface area contributed by atoms with Gasteiger partial charge in [0.1, 0.15) is 0 Å². The summed E-state index contributed by atoms with van der Waals surface area (Å²) in [5, 5.41) is 5.72. The van der Waals surface area contributed by atoms with Gasteiger partial charge in [-0.05, 0) is 31.4 Å². The van der Waals surface area contributed by atoms with Crippen LogP contribution < -0.4 is 10.6 Å². The number of alkyl halides is 3. The number of hydrogen-bond acceptors (Lipinski definition) is 5. The Morgan fingerprint density at radius 3 is 2.26 bits per heavy atom. The molecule has 0 bridgehead atoms. The number of halogens is 4. The second-order valence-electron chi connectivity index (χ2n) is 3.78. The molecule has 0 fully saturated rings. The van der Waals surface area contributed by atoms with Crippen molar-refractivity contribution in [1.29, 1.82) is 0 Å². The fourth-order valence-corrected chi connectivity index (χ4v) is 1.48. The number of unbranched alkanes of at least 4 members (excludes halogenated alkanes) is 1. The lowest BCUT2D eigenvalue weighted by atomic mass is 10.2. The first-order valence-electron chi connectivity index (χ1n) is 5.87. The Morgan fingerprint density at radius 2 is 1.68 bits per heavy atom. The quantitative estimate of drug-likeness (QED) is 0.757. The van der Waals surface area contributed by atoms with E-state index in [1.54, 1.807) is 0 Å². The van der Waals surface area contributed by atoms with E-state index < -0.39 is 12.6 Å². The van der Waals surface area contributed by atoms with Crippen LogP contribution in [0.3, 0.4) is 0 Å². The maximum absolute atomic E-state index is 11.9. The Balaban J connectivity index is 2.36. The van der Waals surface area contributed by atoms with Gasteiger partial charge in [-0.1, -0.05) is 0 Å². The molecule has 0 unspecified atom stereocenters. The predicted octanol–water partition coefficient (Wildman–Crippen LogP) is 3.10. The van der Waals surface area contributed by atoms with Crippen LogP contribution >= 0.6 is 11.6 Å². The largest absolute Gasteiger partial charge is 0.389 e. The van der Waals surface area contributed by atoms with Gasteiger partial charge in [0.05, 0.1) is 0 Å². The van der Waals surface area contributed by atoms with Gasteiger partial charge in [-0.25, -0.2) is 0 Å². The fraction of sp³-hybridized carbons (Fsp3) is 0.700. The smallest absolute Gasteiger partial charge is 0.354 e. The van der Waals surface area contributed by atoms with Crippen LogP contribution in [0, 0.1) is 0 Å². The summed E-state index contributed by atoms with van der Waals surface area (Å²) in [6.07, 6.45) is -4.45. The van der Waals surface area contributed by atoms with Gasteiger partial charge in [0.2, 0.25) is 17.2 Å². The highest BCUT2D eigenvalue weighted by Gasteiger charge is 2.25. The Labute approximate surface area is 114 Å². The van der Waals surface area contributed by atoms with E-state index in [9.17, 15) is 13.2 Å². The lowest BCUT2D eigenvalue weighted by molar-refractivity contribution is -0.135. The molecule has 0 spiro atoms. The highest BCUT2D eigenvalue weighted by Crippen LogP contribution is 2.22. The van der Waals surface area contributed by atoms with Gasteiger partial charge in [-0.3, -0.25) is 0 Å². The van der Waals surface area contributed by atoms with Crippen molar-refractivity contribution in [2.45, 2.75) is 32.4 Å². The van der Waals surface area contributed by atoms with Crippen molar-refractivity contribution in [3.8, 4) is 0 Å². The minimum atomic E-state index is -4.10. The van der Waals surface area contributed by atoms with Gasteiger partial charge >= 0.3 is 6.18 Å². The van der Waals surface area contributed by atoms with Crippen molar-refractivity contribution in [2.24, 2.45) is 0 Å². The number of anilines is 2. The average Bonchev–Trinajstić information content (AvgIpc) is 2.26. The number of hydrogen-bond donors (Lipinski definition) is 2. The topological polar surface area (TPSA) is 62.7 Å². The van der Waals surface area contributed by atoms with Crippen LogP contribution in [-0.2, 0) is 0 Å². The third-order valence-corrected chi connectivity index (χ3v) is 2.28. The van der Waals surface area contributed by atoms with Gasteiger partial charge < -0.3 is 10.6 Å². The monoisotopic (exact) mass is 297 g/mol. The van der Waals surface area contributed by atoms with E-state index in [0.29, 0.717) is 25.5 Å². The standard InChI is InChI=1S/C10H15ClF3N5/c1-2-15-8-17-7(11)18-9(19-8)16-6-4-3-5-10(12,13)14/h2-6H2,1H3,(H2,15,16,17,18,19). The van der Waals surface area contributed by atoms with Crippen LogP contribution in [0.4, 0.5) is 25.1 Å². The molecule has 0 amide bonds. The van der Waals surface area contributed by atoms with Gasteiger partial charge in [0, 0.05) is 19.5 Å². The Morgan fingerprint density at radius 1 is 1.05 bits per heavy atom. The van der Waals surface area contributed by atoms with E-state index >= 15 is 0 Å². The molecule has 0 aliphatic rings. The van der Waals surface area contributed by atoms with Gasteiger partial charge in [0.15, 0.2) is 0 Å². The van der Waals surface area contributed by atoms with E-state index in [1.807, 2.05) is 6.92 Å². The lowest BCUT2D eigenvalue weighted by Gasteiger charge is -2.08. The Hall–Kier alpha value is -1.31. The number of aromatic nitrogens is 3. The molecule has 108 valence electrons. The van der Waals surface area contributed by atoms with E-state index in [-0.39, 0.29) is 17.7 Å². The molecular weight excluding hydrogens is 283 g/mol. The molecule has 2 N–H and O–H groups in total. The summed E-state index contributed by atoms with van der Waals surface area (Å²) >= 11 is 5.69. The molecule has 9 heteroatoms. The Kier molecular flexibility index (Phi) is 6.07. The summed E-state index contributed by atoms with van der Waals surface area (Å²) in [4.78, 5) is 11.7. The zero-order valence-corrected chi connectivity index (χ0v) is 11.1. The third kappa shape index (κ3) is 7.00. The molecule has 0 aliphatic heterocycles. The first-order chi connectivity index (χ1) is 8.90. The molecule has 0 aliphatic carbocycles. The maximum atomic E-state index is 11.9. The molecule has 0 radical (unpaired) electrons. The van der Waals surface area contributed by atoms with Crippen molar-refractivity contribution in [3.63, 3.8) is 0 Å². The molecule has 0 saturated carbocycles. The fourth-order valence-electron chi connectivity index (χ4n) is 1.32. The van der Waals surface area contributed by atoms with Crippen molar-refractivity contribution in [3.05, 3.63) is 5.28 Å². The second kappa shape index (κ2) is 7.32. The van der Waals surface area contributed by atoms with E-state index in [2.05, 4.69) is 25.6 Å². The highest BCUT2D eigenvalue weighted by atomic mass is 35.5. The van der Waals surface area contributed by atoms with Gasteiger partial charge in [-0.2, -0.15) is 28.1 Å². The molecule has 19 heavy (non-hydrogen) atoms. The normalized spacial score (nSPS) is 11.4. The molecule has 1 aromatic heterocycles. The van der Waals surface area contributed by atoms with Crippen LogP contribution in [0.15, 0.2) is 0 Å². The third-order valence-electron chi connectivity index (χ3n) is 2.11. The van der Waals surface area contributed by atoms with Crippen molar-refractivity contribution < 1.29 is 13.2 Å². The second-order valence-corrected chi connectivity index (χ2v) is 4.12. The molecule has 1 heterocycles. The number of nitrogens with one attached hydrogen (secondary N) is 2. The van der Waals surface area contributed by atoms with Crippen molar-refractivity contribution >= 4 is 23.5 Å². The molecule has 0 saturated heterocycles. The van der Waals surface area contributed by atoms with Crippen LogP contribution in [0.25, 0.3) is 0 Å². The molecular formula is C10H15ClF3N5. The highest BCUT2D eigenvalue weighted by molar-refractivity contribution is 6.28. The molecule has 0 atom stereocenters. The Bertz CT molecular complexity index is 399. The molecule has 1 aromatic rings. The zero-order chi connectivity index (χ0) is 14.3. The number of nitrogens with zero attached hydrogens (tertiary/aromatic N) is 3. The summed E-state index contributed by atoms with van der Waals surface area (Å²) in [7, 11) is 0. The van der Waals surface area contributed by atoms with E-state index in [0.717, 1.165) is 0 Å². The first-order valence-corrected chi connectivity index (χ1v) is 6.24. The van der Waals surface area contributed by atoms with E-state index in [4.69, 9.17) is 11.6 Å².